The first-order valence-corrected chi connectivity index (χ1v) is 13.6. The van der Waals surface area contributed by atoms with Gasteiger partial charge in [-0.05, 0) is 82.2 Å². The van der Waals surface area contributed by atoms with Gasteiger partial charge in [0.25, 0.3) is 0 Å². The van der Waals surface area contributed by atoms with Crippen molar-refractivity contribution >= 4 is 22.6 Å². The average molecular weight is 535 g/mol. The van der Waals surface area contributed by atoms with Crippen LogP contribution >= 0.6 is 0 Å². The molecule has 1 aliphatic heterocycles. The number of methoxy groups -OCH3 is 1. The SMILES string of the molecule is CO[C@H]1CC[C@H](n2c(C3CCCC(=O)N3c3ccc(F)c(F)c3)nc3cc(-c4c(C)noc4C)ccc32)CC1. The molecule has 0 bridgehead atoms. The fraction of sp³-hybridized carbons (Fsp3) is 0.433. The summed E-state index contributed by atoms with van der Waals surface area (Å²) >= 11 is 0. The molecule has 1 saturated heterocycles. The number of rotatable bonds is 5. The number of benzene rings is 2. The molecule has 6 rings (SSSR count). The maximum Gasteiger partial charge on any atom is 0.227 e. The lowest BCUT2D eigenvalue weighted by Gasteiger charge is -2.37. The summed E-state index contributed by atoms with van der Waals surface area (Å²) in [6.07, 6.45) is 5.70. The monoisotopic (exact) mass is 534 g/mol. The summed E-state index contributed by atoms with van der Waals surface area (Å²) in [5, 5.41) is 4.11. The van der Waals surface area contributed by atoms with E-state index in [9.17, 15) is 13.6 Å². The molecule has 39 heavy (non-hydrogen) atoms. The van der Waals surface area contributed by atoms with Gasteiger partial charge in [-0.2, -0.15) is 0 Å². The minimum atomic E-state index is -0.972. The highest BCUT2D eigenvalue weighted by molar-refractivity contribution is 5.95. The maximum absolute atomic E-state index is 14.3. The first-order chi connectivity index (χ1) is 18.9. The lowest BCUT2D eigenvalue weighted by Crippen LogP contribution is -2.40. The van der Waals surface area contributed by atoms with Crippen molar-refractivity contribution in [3.63, 3.8) is 0 Å². The van der Waals surface area contributed by atoms with Crippen molar-refractivity contribution in [2.24, 2.45) is 0 Å². The Labute approximate surface area is 225 Å². The predicted octanol–water partition coefficient (Wildman–Crippen LogP) is 6.97. The largest absolute Gasteiger partial charge is 0.381 e. The Balaban J connectivity index is 1.50. The van der Waals surface area contributed by atoms with E-state index in [2.05, 4.69) is 27.9 Å². The van der Waals surface area contributed by atoms with Gasteiger partial charge < -0.3 is 18.7 Å². The van der Waals surface area contributed by atoms with E-state index in [4.69, 9.17) is 14.2 Å². The Bertz CT molecular complexity index is 1520. The van der Waals surface area contributed by atoms with Crippen LogP contribution in [0.25, 0.3) is 22.2 Å². The number of fused-ring (bicyclic) bond motifs is 1. The van der Waals surface area contributed by atoms with E-state index >= 15 is 0 Å². The number of nitrogens with zero attached hydrogens (tertiary/aromatic N) is 4. The number of anilines is 1. The number of halogens is 2. The van der Waals surface area contributed by atoms with Gasteiger partial charge in [0, 0.05) is 36.9 Å². The number of carbonyl (C=O) groups excluding carboxylic acids is 1. The summed E-state index contributed by atoms with van der Waals surface area (Å²) in [7, 11) is 1.76. The highest BCUT2D eigenvalue weighted by atomic mass is 19.2. The molecule has 2 fully saturated rings. The first kappa shape index (κ1) is 25.7. The van der Waals surface area contributed by atoms with Crippen LogP contribution in [-0.4, -0.2) is 33.8 Å². The summed E-state index contributed by atoms with van der Waals surface area (Å²) in [5.41, 5.74) is 4.89. The molecular weight excluding hydrogens is 502 g/mol. The molecule has 9 heteroatoms. The van der Waals surface area contributed by atoms with Gasteiger partial charge in [-0.15, -0.1) is 0 Å². The average Bonchev–Trinajstić information content (AvgIpc) is 3.48. The normalized spacial score (nSPS) is 22.1. The van der Waals surface area contributed by atoms with E-state index in [0.29, 0.717) is 24.9 Å². The van der Waals surface area contributed by atoms with Crippen LogP contribution in [0.3, 0.4) is 0 Å². The first-order valence-electron chi connectivity index (χ1n) is 13.6. The fourth-order valence-corrected chi connectivity index (χ4v) is 6.40. The van der Waals surface area contributed by atoms with Crippen LogP contribution in [0.5, 0.6) is 0 Å². The Morgan fingerprint density at radius 3 is 2.49 bits per heavy atom. The number of aromatic nitrogens is 3. The van der Waals surface area contributed by atoms with Gasteiger partial charge in [-0.1, -0.05) is 11.2 Å². The summed E-state index contributed by atoms with van der Waals surface area (Å²) in [6.45, 7) is 3.81. The van der Waals surface area contributed by atoms with Gasteiger partial charge in [0.1, 0.15) is 11.6 Å². The molecule has 204 valence electrons. The molecule has 1 amide bonds. The third kappa shape index (κ3) is 4.52. The number of ether oxygens (including phenoxy) is 1. The molecular formula is C30H32F2N4O3. The molecule has 1 aliphatic carbocycles. The fourth-order valence-electron chi connectivity index (χ4n) is 6.40. The quantitative estimate of drug-likeness (QED) is 0.276. The van der Waals surface area contributed by atoms with Gasteiger partial charge in [0.2, 0.25) is 5.91 Å². The second kappa shape index (κ2) is 10.2. The molecule has 0 spiro atoms. The van der Waals surface area contributed by atoms with Crippen LogP contribution in [0.2, 0.25) is 0 Å². The van der Waals surface area contributed by atoms with Crippen molar-refractivity contribution in [1.29, 1.82) is 0 Å². The summed E-state index contributed by atoms with van der Waals surface area (Å²) in [5.74, 6) is -0.504. The van der Waals surface area contributed by atoms with Gasteiger partial charge in [0.05, 0.1) is 28.9 Å². The van der Waals surface area contributed by atoms with Crippen molar-refractivity contribution in [2.75, 3.05) is 12.0 Å². The zero-order valence-corrected chi connectivity index (χ0v) is 22.4. The van der Waals surface area contributed by atoms with Crippen molar-refractivity contribution in [3.05, 3.63) is 65.3 Å². The maximum atomic E-state index is 14.3. The predicted molar refractivity (Wildman–Crippen MR) is 143 cm³/mol. The molecule has 0 N–H and O–H groups in total. The number of amides is 1. The standard InChI is InChI=1S/C30H32F2N4O3/c1-17-29(18(2)39-34-17)19-7-14-26-25(15-19)33-30(36(26)20-8-11-22(38-3)12-9-20)27-5-4-6-28(37)35(27)21-10-13-23(31)24(32)16-21/h7,10,13-16,20,22,27H,4-6,8-9,11-12H2,1-3H3/t20-,22-,27?. The van der Waals surface area contributed by atoms with Crippen molar-refractivity contribution in [1.82, 2.24) is 14.7 Å². The molecule has 3 heterocycles. The van der Waals surface area contributed by atoms with Gasteiger partial charge in [-0.3, -0.25) is 4.79 Å². The Morgan fingerprint density at radius 2 is 1.79 bits per heavy atom. The zero-order valence-electron chi connectivity index (χ0n) is 22.4. The molecule has 2 aromatic heterocycles. The lowest BCUT2D eigenvalue weighted by molar-refractivity contribution is -0.120. The Kier molecular flexibility index (Phi) is 6.71. The van der Waals surface area contributed by atoms with Gasteiger partial charge in [0.15, 0.2) is 11.6 Å². The number of hydrogen-bond donors (Lipinski definition) is 0. The van der Waals surface area contributed by atoms with Gasteiger partial charge >= 0.3 is 0 Å². The van der Waals surface area contributed by atoms with Crippen LogP contribution in [0.1, 0.15) is 74.3 Å². The van der Waals surface area contributed by atoms with E-state index in [0.717, 1.165) is 77.3 Å². The Hall–Kier alpha value is -3.59. The van der Waals surface area contributed by atoms with Crippen molar-refractivity contribution < 1.29 is 22.8 Å². The summed E-state index contributed by atoms with van der Waals surface area (Å²) in [6, 6.07) is 9.65. The van der Waals surface area contributed by atoms with E-state index in [1.165, 1.54) is 6.07 Å². The molecule has 4 aromatic rings. The molecule has 2 aliphatic rings. The van der Waals surface area contributed by atoms with Crippen molar-refractivity contribution in [3.8, 4) is 11.1 Å². The topological polar surface area (TPSA) is 73.4 Å². The minimum absolute atomic E-state index is 0.115. The molecule has 1 unspecified atom stereocenters. The highest BCUT2D eigenvalue weighted by Crippen LogP contribution is 2.42. The Morgan fingerprint density at radius 1 is 1.00 bits per heavy atom. The lowest BCUT2D eigenvalue weighted by atomic mass is 9.91. The minimum Gasteiger partial charge on any atom is -0.381 e. The third-order valence-electron chi connectivity index (χ3n) is 8.31. The molecule has 7 nitrogen and oxygen atoms in total. The van der Waals surface area contributed by atoms with E-state index in [1.807, 2.05) is 13.8 Å². The second-order valence-electron chi connectivity index (χ2n) is 10.7. The van der Waals surface area contributed by atoms with Crippen LogP contribution in [0.4, 0.5) is 14.5 Å². The number of carbonyl (C=O) groups is 1. The van der Waals surface area contributed by atoms with Crippen LogP contribution in [-0.2, 0) is 9.53 Å². The number of aryl methyl sites for hydroxylation is 2. The number of imidazole rings is 1. The molecule has 2 aromatic carbocycles. The summed E-state index contributed by atoms with van der Waals surface area (Å²) < 4.78 is 41.4. The van der Waals surface area contributed by atoms with Gasteiger partial charge in [-0.25, -0.2) is 13.8 Å². The molecule has 1 atom stereocenters. The zero-order chi connectivity index (χ0) is 27.3. The van der Waals surface area contributed by atoms with Crippen molar-refractivity contribution in [2.45, 2.75) is 77.0 Å². The number of hydrogen-bond acceptors (Lipinski definition) is 5. The van der Waals surface area contributed by atoms with Crippen LogP contribution < -0.4 is 4.90 Å². The van der Waals surface area contributed by atoms with E-state index in [1.54, 1.807) is 12.0 Å². The smallest absolute Gasteiger partial charge is 0.227 e. The third-order valence-corrected chi connectivity index (χ3v) is 8.31. The van der Waals surface area contributed by atoms with Crippen LogP contribution in [0, 0.1) is 25.5 Å². The van der Waals surface area contributed by atoms with E-state index in [-0.39, 0.29) is 18.1 Å². The van der Waals surface area contributed by atoms with Crippen LogP contribution in [0.15, 0.2) is 40.9 Å². The van der Waals surface area contributed by atoms with E-state index < -0.39 is 17.7 Å². The second-order valence-corrected chi connectivity index (χ2v) is 10.7. The molecule has 0 radical (unpaired) electrons. The molecule has 1 saturated carbocycles. The highest BCUT2D eigenvalue weighted by Gasteiger charge is 2.36. The summed E-state index contributed by atoms with van der Waals surface area (Å²) in [4.78, 5) is 20.0. The number of piperidine rings is 1.